The number of hydrogen-bond acceptors (Lipinski definition) is 1. The summed E-state index contributed by atoms with van der Waals surface area (Å²) in [5, 5.41) is 0. The third-order valence-corrected chi connectivity index (χ3v) is 3.96. The molecule has 1 aromatic carbocycles. The molecule has 1 aliphatic carbocycles. The first-order valence-corrected chi connectivity index (χ1v) is 6.81. The van der Waals surface area contributed by atoms with Crippen LogP contribution in [0, 0.1) is 17.2 Å². The summed E-state index contributed by atoms with van der Waals surface area (Å²) in [5.74, 6) is 0.487. The zero-order valence-corrected chi connectivity index (χ0v) is 11.7. The lowest BCUT2D eigenvalue weighted by molar-refractivity contribution is 0.108. The quantitative estimate of drug-likeness (QED) is 0.845. The zero-order valence-electron chi connectivity index (χ0n) is 11.7. The molecule has 1 fully saturated rings. The topological polar surface area (TPSA) is 26.0 Å². The van der Waals surface area contributed by atoms with E-state index in [1.807, 2.05) is 12.1 Å². The van der Waals surface area contributed by atoms with E-state index in [0.29, 0.717) is 11.3 Å². The summed E-state index contributed by atoms with van der Waals surface area (Å²) >= 11 is 0. The van der Waals surface area contributed by atoms with Crippen LogP contribution in [0.4, 0.5) is 4.39 Å². The Kier molecular flexibility index (Phi) is 3.50. The second-order valence-electron chi connectivity index (χ2n) is 7.02. The van der Waals surface area contributed by atoms with Crippen molar-refractivity contribution in [3.8, 4) is 0 Å². The fourth-order valence-electron chi connectivity index (χ4n) is 3.95. The maximum Gasteiger partial charge on any atom is 0.123 e. The van der Waals surface area contributed by atoms with Crippen LogP contribution in [0.1, 0.15) is 45.6 Å². The third-order valence-electron chi connectivity index (χ3n) is 3.96. The molecule has 2 atom stereocenters. The van der Waals surface area contributed by atoms with Crippen LogP contribution in [0.25, 0.3) is 0 Å². The largest absolute Gasteiger partial charge is 0.325 e. The van der Waals surface area contributed by atoms with Crippen LogP contribution in [0.2, 0.25) is 0 Å². The lowest BCUT2D eigenvalue weighted by Crippen LogP contribution is -2.50. The first kappa shape index (κ1) is 13.5. The molecule has 0 saturated heterocycles. The van der Waals surface area contributed by atoms with Gasteiger partial charge in [-0.25, -0.2) is 4.39 Å². The predicted octanol–water partition coefficient (Wildman–Crippen LogP) is 3.91. The molecule has 18 heavy (non-hydrogen) atoms. The van der Waals surface area contributed by atoms with Crippen molar-refractivity contribution in [2.24, 2.45) is 17.1 Å². The van der Waals surface area contributed by atoms with Crippen molar-refractivity contribution in [3.05, 3.63) is 35.6 Å². The first-order valence-electron chi connectivity index (χ1n) is 6.81. The van der Waals surface area contributed by atoms with E-state index >= 15 is 0 Å². The fraction of sp³-hybridized carbons (Fsp3) is 0.625. The number of rotatable bonds is 2. The summed E-state index contributed by atoms with van der Waals surface area (Å²) in [5.41, 5.74) is 7.92. The minimum absolute atomic E-state index is 0.140. The van der Waals surface area contributed by atoms with Gasteiger partial charge in [-0.1, -0.05) is 32.9 Å². The van der Waals surface area contributed by atoms with Gasteiger partial charge in [0.25, 0.3) is 0 Å². The molecule has 0 heterocycles. The standard InChI is InChI=1S/C16H24FN/c1-12-8-15(2,3)11-16(18,9-12)10-13-4-6-14(17)7-5-13/h4-7,12H,8-11,18H2,1-3H3. The average Bonchev–Trinajstić information content (AvgIpc) is 2.17. The molecule has 2 unspecified atom stereocenters. The molecule has 1 saturated carbocycles. The van der Waals surface area contributed by atoms with Crippen LogP contribution >= 0.6 is 0 Å². The van der Waals surface area contributed by atoms with Crippen LogP contribution in [0.3, 0.4) is 0 Å². The van der Waals surface area contributed by atoms with Crippen molar-refractivity contribution in [1.29, 1.82) is 0 Å². The monoisotopic (exact) mass is 249 g/mol. The van der Waals surface area contributed by atoms with Crippen molar-refractivity contribution >= 4 is 0 Å². The van der Waals surface area contributed by atoms with E-state index in [1.165, 1.54) is 18.6 Å². The fourth-order valence-corrected chi connectivity index (χ4v) is 3.95. The summed E-state index contributed by atoms with van der Waals surface area (Å²) in [6, 6.07) is 6.76. The summed E-state index contributed by atoms with van der Waals surface area (Å²) in [7, 11) is 0. The molecule has 2 rings (SSSR count). The van der Waals surface area contributed by atoms with E-state index in [-0.39, 0.29) is 11.4 Å². The van der Waals surface area contributed by atoms with Gasteiger partial charge < -0.3 is 5.73 Å². The number of benzene rings is 1. The normalized spacial score (nSPS) is 31.3. The van der Waals surface area contributed by atoms with Gasteiger partial charge >= 0.3 is 0 Å². The number of nitrogens with two attached hydrogens (primary N) is 1. The Bertz CT molecular complexity index is 410. The van der Waals surface area contributed by atoms with Gasteiger partial charge in [0.05, 0.1) is 0 Å². The average molecular weight is 249 g/mol. The highest BCUT2D eigenvalue weighted by Gasteiger charge is 2.40. The molecular formula is C16H24FN. The Balaban J connectivity index is 2.13. The first-order chi connectivity index (χ1) is 8.28. The maximum absolute atomic E-state index is 12.9. The summed E-state index contributed by atoms with van der Waals surface area (Å²) < 4.78 is 12.9. The summed E-state index contributed by atoms with van der Waals surface area (Å²) in [6.07, 6.45) is 4.20. The summed E-state index contributed by atoms with van der Waals surface area (Å²) in [6.45, 7) is 6.89. The second kappa shape index (κ2) is 4.65. The van der Waals surface area contributed by atoms with Crippen LogP contribution in [-0.2, 0) is 6.42 Å². The Morgan fingerprint density at radius 1 is 1.22 bits per heavy atom. The highest BCUT2D eigenvalue weighted by molar-refractivity contribution is 5.19. The van der Waals surface area contributed by atoms with Crippen molar-refractivity contribution < 1.29 is 4.39 Å². The van der Waals surface area contributed by atoms with Crippen molar-refractivity contribution in [3.63, 3.8) is 0 Å². The molecule has 2 N–H and O–H groups in total. The molecule has 0 amide bonds. The molecule has 0 spiro atoms. The number of hydrogen-bond donors (Lipinski definition) is 1. The van der Waals surface area contributed by atoms with Gasteiger partial charge in [-0.15, -0.1) is 0 Å². The van der Waals surface area contributed by atoms with Gasteiger partial charge in [-0.3, -0.25) is 0 Å². The van der Waals surface area contributed by atoms with Gasteiger partial charge in [0.15, 0.2) is 0 Å². The molecular weight excluding hydrogens is 225 g/mol. The zero-order chi connectivity index (χ0) is 13.4. The molecule has 2 heteroatoms. The van der Waals surface area contributed by atoms with Gasteiger partial charge in [0, 0.05) is 5.54 Å². The highest BCUT2D eigenvalue weighted by atomic mass is 19.1. The minimum atomic E-state index is -0.179. The lowest BCUT2D eigenvalue weighted by atomic mass is 9.63. The minimum Gasteiger partial charge on any atom is -0.325 e. The SMILES string of the molecule is CC1CC(C)(C)CC(N)(Cc2ccc(F)cc2)C1. The van der Waals surface area contributed by atoms with Gasteiger partial charge in [0.2, 0.25) is 0 Å². The molecule has 0 bridgehead atoms. The Morgan fingerprint density at radius 3 is 2.39 bits per heavy atom. The summed E-state index contributed by atoms with van der Waals surface area (Å²) in [4.78, 5) is 0. The third kappa shape index (κ3) is 3.32. The van der Waals surface area contributed by atoms with E-state index in [0.717, 1.165) is 24.8 Å². The predicted molar refractivity (Wildman–Crippen MR) is 73.8 cm³/mol. The smallest absolute Gasteiger partial charge is 0.123 e. The van der Waals surface area contributed by atoms with Crippen molar-refractivity contribution in [2.75, 3.05) is 0 Å². The molecule has 100 valence electrons. The maximum atomic E-state index is 12.9. The second-order valence-corrected chi connectivity index (χ2v) is 7.02. The van der Waals surface area contributed by atoms with Gasteiger partial charge in [0.1, 0.15) is 5.82 Å². The van der Waals surface area contributed by atoms with Crippen LogP contribution < -0.4 is 5.73 Å². The molecule has 1 aliphatic rings. The van der Waals surface area contributed by atoms with Crippen LogP contribution in [0.15, 0.2) is 24.3 Å². The van der Waals surface area contributed by atoms with E-state index in [4.69, 9.17) is 5.73 Å². The molecule has 0 aromatic heterocycles. The highest BCUT2D eigenvalue weighted by Crippen LogP contribution is 2.43. The van der Waals surface area contributed by atoms with Crippen molar-refractivity contribution in [1.82, 2.24) is 0 Å². The van der Waals surface area contributed by atoms with Gasteiger partial charge in [-0.2, -0.15) is 0 Å². The van der Waals surface area contributed by atoms with E-state index < -0.39 is 0 Å². The Morgan fingerprint density at radius 2 is 1.83 bits per heavy atom. The Labute approximate surface area is 110 Å². The molecule has 1 aromatic rings. The van der Waals surface area contributed by atoms with Crippen molar-refractivity contribution in [2.45, 2.75) is 52.0 Å². The Hall–Kier alpha value is -0.890. The lowest BCUT2D eigenvalue weighted by Gasteiger charge is -2.46. The van der Waals surface area contributed by atoms with E-state index in [2.05, 4.69) is 20.8 Å². The van der Waals surface area contributed by atoms with Crippen LogP contribution in [-0.4, -0.2) is 5.54 Å². The molecule has 1 nitrogen and oxygen atoms in total. The van der Waals surface area contributed by atoms with E-state index in [9.17, 15) is 4.39 Å². The molecule has 0 radical (unpaired) electrons. The van der Waals surface area contributed by atoms with Crippen LogP contribution in [0.5, 0.6) is 0 Å². The molecule has 0 aliphatic heterocycles. The van der Waals surface area contributed by atoms with Gasteiger partial charge in [-0.05, 0) is 54.7 Å². The number of halogens is 1. The van der Waals surface area contributed by atoms with E-state index in [1.54, 1.807) is 0 Å².